The molecule has 0 amide bonds. The summed E-state index contributed by atoms with van der Waals surface area (Å²) in [7, 11) is 0. The van der Waals surface area contributed by atoms with Crippen molar-refractivity contribution in [2.45, 2.75) is 43.1 Å². The van der Waals surface area contributed by atoms with Crippen LogP contribution >= 0.6 is 39.1 Å². The summed E-state index contributed by atoms with van der Waals surface area (Å²) >= 11 is 15.3. The zero-order chi connectivity index (χ0) is 15.6. The Labute approximate surface area is 141 Å². The molecule has 6 heteroatoms. The van der Waals surface area contributed by atoms with Crippen LogP contribution in [-0.2, 0) is 6.42 Å². The minimum atomic E-state index is -4.12. The van der Waals surface area contributed by atoms with E-state index in [0.717, 1.165) is 12.0 Å². The summed E-state index contributed by atoms with van der Waals surface area (Å²) in [5.41, 5.74) is 0.901. The number of halogens is 6. The Balaban J connectivity index is 2.10. The SMILES string of the molecule is FC(F)(F)C1CCCCC1C(Br)Cc1ccc(Cl)c(Cl)c1. The lowest BCUT2D eigenvalue weighted by molar-refractivity contribution is -0.196. The average Bonchev–Trinajstić information content (AvgIpc) is 2.42. The van der Waals surface area contributed by atoms with Gasteiger partial charge in [0.15, 0.2) is 0 Å². The predicted molar refractivity (Wildman–Crippen MR) is 84.4 cm³/mol. The lowest BCUT2D eigenvalue weighted by atomic mass is 9.76. The van der Waals surface area contributed by atoms with Crippen molar-refractivity contribution in [3.8, 4) is 0 Å². The molecule has 1 aromatic carbocycles. The van der Waals surface area contributed by atoms with E-state index in [2.05, 4.69) is 15.9 Å². The highest BCUT2D eigenvalue weighted by Gasteiger charge is 2.47. The third-order valence-electron chi connectivity index (χ3n) is 4.12. The van der Waals surface area contributed by atoms with Crippen molar-refractivity contribution in [1.29, 1.82) is 0 Å². The summed E-state index contributed by atoms with van der Waals surface area (Å²) in [6, 6.07) is 5.22. The highest BCUT2D eigenvalue weighted by molar-refractivity contribution is 9.09. The number of benzene rings is 1. The van der Waals surface area contributed by atoms with Gasteiger partial charge in [-0.2, -0.15) is 13.2 Å². The number of rotatable bonds is 3. The predicted octanol–water partition coefficient (Wildman–Crippen LogP) is 6.67. The Morgan fingerprint density at radius 2 is 1.81 bits per heavy atom. The van der Waals surface area contributed by atoms with Gasteiger partial charge in [-0.1, -0.05) is 58.0 Å². The molecule has 0 N–H and O–H groups in total. The van der Waals surface area contributed by atoms with E-state index in [0.29, 0.717) is 29.3 Å². The van der Waals surface area contributed by atoms with E-state index in [1.807, 2.05) is 6.07 Å². The van der Waals surface area contributed by atoms with E-state index < -0.39 is 12.1 Å². The van der Waals surface area contributed by atoms with Crippen LogP contribution in [0.2, 0.25) is 10.0 Å². The van der Waals surface area contributed by atoms with Crippen LogP contribution in [0.4, 0.5) is 13.2 Å². The van der Waals surface area contributed by atoms with Gasteiger partial charge in [0.1, 0.15) is 0 Å². The van der Waals surface area contributed by atoms with Gasteiger partial charge in [0.25, 0.3) is 0 Å². The fraction of sp³-hybridized carbons (Fsp3) is 0.600. The van der Waals surface area contributed by atoms with Crippen molar-refractivity contribution in [3.63, 3.8) is 0 Å². The minimum absolute atomic E-state index is 0.207. The van der Waals surface area contributed by atoms with Gasteiger partial charge in [-0.05, 0) is 42.9 Å². The van der Waals surface area contributed by atoms with Crippen LogP contribution < -0.4 is 0 Å². The standard InChI is InChI=1S/C15H16BrCl2F3/c16-12(7-9-5-6-13(17)14(18)8-9)10-3-1-2-4-11(10)15(19,20)21/h5-6,8,10-12H,1-4,7H2. The first-order valence-electron chi connectivity index (χ1n) is 6.93. The summed E-state index contributed by atoms with van der Waals surface area (Å²) < 4.78 is 39.4. The molecule has 0 heterocycles. The maximum atomic E-state index is 13.1. The van der Waals surface area contributed by atoms with E-state index in [1.54, 1.807) is 12.1 Å². The van der Waals surface area contributed by atoms with Crippen molar-refractivity contribution in [2.75, 3.05) is 0 Å². The van der Waals surface area contributed by atoms with Gasteiger partial charge in [-0.25, -0.2) is 0 Å². The van der Waals surface area contributed by atoms with Crippen molar-refractivity contribution in [3.05, 3.63) is 33.8 Å². The molecule has 0 radical (unpaired) electrons. The largest absolute Gasteiger partial charge is 0.392 e. The summed E-state index contributed by atoms with van der Waals surface area (Å²) in [5.74, 6) is -1.59. The zero-order valence-corrected chi connectivity index (χ0v) is 14.4. The highest BCUT2D eigenvalue weighted by Crippen LogP contribution is 2.45. The molecule has 3 unspecified atom stereocenters. The molecule has 0 saturated heterocycles. The molecule has 2 rings (SSSR count). The van der Waals surface area contributed by atoms with Crippen molar-refractivity contribution < 1.29 is 13.2 Å². The molecule has 1 aromatic rings. The molecule has 1 aliphatic carbocycles. The van der Waals surface area contributed by atoms with Crippen molar-refractivity contribution >= 4 is 39.1 Å². The minimum Gasteiger partial charge on any atom is -0.171 e. The van der Waals surface area contributed by atoms with E-state index in [-0.39, 0.29) is 17.2 Å². The molecule has 0 aromatic heterocycles. The lowest BCUT2D eigenvalue weighted by Crippen LogP contribution is -2.38. The second kappa shape index (κ2) is 7.10. The molecule has 1 fully saturated rings. The van der Waals surface area contributed by atoms with E-state index in [1.165, 1.54) is 0 Å². The average molecular weight is 404 g/mol. The smallest absolute Gasteiger partial charge is 0.171 e. The van der Waals surface area contributed by atoms with Gasteiger partial charge in [-0.15, -0.1) is 0 Å². The van der Waals surface area contributed by atoms with Crippen LogP contribution in [0, 0.1) is 11.8 Å². The first-order chi connectivity index (χ1) is 9.79. The van der Waals surface area contributed by atoms with Crippen LogP contribution in [-0.4, -0.2) is 11.0 Å². The molecular weight excluding hydrogens is 388 g/mol. The van der Waals surface area contributed by atoms with E-state index >= 15 is 0 Å². The molecule has 0 aliphatic heterocycles. The Morgan fingerprint density at radius 3 is 2.43 bits per heavy atom. The molecule has 0 nitrogen and oxygen atoms in total. The monoisotopic (exact) mass is 402 g/mol. The van der Waals surface area contributed by atoms with E-state index in [4.69, 9.17) is 23.2 Å². The maximum Gasteiger partial charge on any atom is 0.392 e. The fourth-order valence-corrected chi connectivity index (χ4v) is 4.37. The fourth-order valence-electron chi connectivity index (χ4n) is 3.04. The van der Waals surface area contributed by atoms with Crippen LogP contribution in [0.15, 0.2) is 18.2 Å². The Kier molecular flexibility index (Phi) is 5.89. The zero-order valence-electron chi connectivity index (χ0n) is 11.3. The van der Waals surface area contributed by atoms with Crippen LogP contribution in [0.25, 0.3) is 0 Å². The van der Waals surface area contributed by atoms with Gasteiger partial charge >= 0.3 is 6.18 Å². The Morgan fingerprint density at radius 1 is 1.14 bits per heavy atom. The first kappa shape index (κ1) is 17.4. The molecule has 0 spiro atoms. The molecule has 1 saturated carbocycles. The number of hydrogen-bond acceptors (Lipinski definition) is 0. The van der Waals surface area contributed by atoms with E-state index in [9.17, 15) is 13.2 Å². The third-order valence-corrected chi connectivity index (χ3v) is 5.86. The second-order valence-corrected chi connectivity index (χ2v) is 7.56. The topological polar surface area (TPSA) is 0 Å². The molecule has 21 heavy (non-hydrogen) atoms. The second-order valence-electron chi connectivity index (χ2n) is 5.56. The molecule has 0 bridgehead atoms. The Hall–Kier alpha value is 0.0700. The van der Waals surface area contributed by atoms with Crippen molar-refractivity contribution in [1.82, 2.24) is 0 Å². The quantitative estimate of drug-likeness (QED) is 0.494. The summed E-state index contributed by atoms with van der Waals surface area (Å²) in [4.78, 5) is -0.207. The molecule has 118 valence electrons. The van der Waals surface area contributed by atoms with Gasteiger partial charge in [0, 0.05) is 4.83 Å². The van der Waals surface area contributed by atoms with Gasteiger partial charge in [0.05, 0.1) is 16.0 Å². The molecule has 1 aliphatic rings. The number of alkyl halides is 4. The van der Waals surface area contributed by atoms with Crippen LogP contribution in [0.5, 0.6) is 0 Å². The first-order valence-corrected chi connectivity index (χ1v) is 8.61. The maximum absolute atomic E-state index is 13.1. The Bertz CT molecular complexity index is 490. The third kappa shape index (κ3) is 4.52. The number of hydrogen-bond donors (Lipinski definition) is 0. The summed E-state index contributed by atoms with van der Waals surface area (Å²) in [6.45, 7) is 0. The molecule has 3 atom stereocenters. The van der Waals surface area contributed by atoms with Gasteiger partial charge in [-0.3, -0.25) is 0 Å². The van der Waals surface area contributed by atoms with Crippen LogP contribution in [0.3, 0.4) is 0 Å². The van der Waals surface area contributed by atoms with Crippen molar-refractivity contribution in [2.24, 2.45) is 11.8 Å². The molecular formula is C15H16BrCl2F3. The normalized spacial score (nSPS) is 24.9. The lowest BCUT2D eigenvalue weighted by Gasteiger charge is -2.36. The van der Waals surface area contributed by atoms with Gasteiger partial charge < -0.3 is 0 Å². The van der Waals surface area contributed by atoms with Gasteiger partial charge in [0.2, 0.25) is 0 Å². The summed E-state index contributed by atoms with van der Waals surface area (Å²) in [5, 5.41) is 0.891. The van der Waals surface area contributed by atoms with Crippen LogP contribution in [0.1, 0.15) is 31.2 Å². The summed E-state index contributed by atoms with van der Waals surface area (Å²) in [6.07, 6.45) is -1.23. The highest BCUT2D eigenvalue weighted by atomic mass is 79.9.